The third kappa shape index (κ3) is 5.49. The number of carboxylic acid groups (broad SMARTS) is 1. The van der Waals surface area contributed by atoms with Crippen LogP contribution in [0.25, 0.3) is 0 Å². The number of halogens is 1. The van der Waals surface area contributed by atoms with E-state index in [9.17, 15) is 14.0 Å². The van der Waals surface area contributed by atoms with Crippen molar-refractivity contribution in [3.05, 3.63) is 30.1 Å². The van der Waals surface area contributed by atoms with Crippen LogP contribution in [0.4, 0.5) is 4.39 Å². The fourth-order valence-corrected chi connectivity index (χ4v) is 2.88. The summed E-state index contributed by atoms with van der Waals surface area (Å²) in [5, 5.41) is 8.87. The van der Waals surface area contributed by atoms with Crippen LogP contribution < -0.4 is 4.74 Å². The molecule has 1 amide bonds. The minimum Gasteiger partial charge on any atom is -0.484 e. The van der Waals surface area contributed by atoms with Crippen molar-refractivity contribution in [3.8, 4) is 5.75 Å². The minimum atomic E-state index is -0.845. The van der Waals surface area contributed by atoms with Crippen molar-refractivity contribution in [3.63, 3.8) is 0 Å². The molecule has 1 unspecified atom stereocenters. The van der Waals surface area contributed by atoms with Gasteiger partial charge in [-0.3, -0.25) is 14.5 Å². The first-order valence-electron chi connectivity index (χ1n) is 8.04. The second kappa shape index (κ2) is 8.63. The lowest BCUT2D eigenvalue weighted by molar-refractivity contribution is -0.138. The summed E-state index contributed by atoms with van der Waals surface area (Å²) < 4.78 is 18.2. The van der Waals surface area contributed by atoms with Gasteiger partial charge in [0, 0.05) is 19.1 Å². The predicted octanol–water partition coefficient (Wildman–Crippen LogP) is 1.60. The van der Waals surface area contributed by atoms with Crippen LogP contribution in [-0.2, 0) is 9.59 Å². The Bertz CT molecular complexity index is 564. The summed E-state index contributed by atoms with van der Waals surface area (Å²) in [6.45, 7) is 1.15. The van der Waals surface area contributed by atoms with Crippen LogP contribution in [0.2, 0.25) is 0 Å². The van der Waals surface area contributed by atoms with Gasteiger partial charge in [-0.2, -0.15) is 0 Å². The highest BCUT2D eigenvalue weighted by Crippen LogP contribution is 2.16. The number of carbonyl (C=O) groups excluding carboxylic acids is 1. The molecule has 0 saturated carbocycles. The van der Waals surface area contributed by atoms with Gasteiger partial charge < -0.3 is 14.7 Å². The molecule has 0 aromatic heterocycles. The van der Waals surface area contributed by atoms with Crippen LogP contribution in [0.15, 0.2) is 24.3 Å². The molecule has 1 aromatic carbocycles. The van der Waals surface area contributed by atoms with Gasteiger partial charge in [-0.1, -0.05) is 0 Å². The van der Waals surface area contributed by atoms with Crippen LogP contribution in [0.5, 0.6) is 5.75 Å². The summed E-state index contributed by atoms with van der Waals surface area (Å²) in [5.41, 5.74) is 0. The Morgan fingerprint density at radius 3 is 2.67 bits per heavy atom. The SMILES string of the molecule is CN(CC(=O)O)C1CCCN(C(=O)COc2ccc(F)cc2)CC1. The van der Waals surface area contributed by atoms with Gasteiger partial charge in [-0.05, 0) is 50.6 Å². The maximum atomic E-state index is 12.8. The Labute approximate surface area is 140 Å². The molecular weight excluding hydrogens is 315 g/mol. The number of aliphatic carboxylic acids is 1. The number of carboxylic acids is 1. The van der Waals surface area contributed by atoms with Gasteiger partial charge in [0.15, 0.2) is 6.61 Å². The molecule has 1 aliphatic heterocycles. The van der Waals surface area contributed by atoms with E-state index < -0.39 is 5.97 Å². The molecule has 24 heavy (non-hydrogen) atoms. The van der Waals surface area contributed by atoms with E-state index in [2.05, 4.69) is 0 Å². The van der Waals surface area contributed by atoms with Gasteiger partial charge >= 0.3 is 5.97 Å². The first-order chi connectivity index (χ1) is 11.5. The number of likely N-dealkylation sites (tertiary alicyclic amines) is 1. The van der Waals surface area contributed by atoms with Gasteiger partial charge in [-0.25, -0.2) is 4.39 Å². The topological polar surface area (TPSA) is 70.1 Å². The van der Waals surface area contributed by atoms with E-state index in [4.69, 9.17) is 9.84 Å². The number of benzene rings is 1. The minimum absolute atomic E-state index is 0.00624. The zero-order chi connectivity index (χ0) is 17.5. The summed E-state index contributed by atoms with van der Waals surface area (Å²) in [6.07, 6.45) is 2.44. The molecule has 1 heterocycles. The van der Waals surface area contributed by atoms with Gasteiger partial charge in [0.25, 0.3) is 5.91 Å². The Hall–Kier alpha value is -2.15. The Kier molecular flexibility index (Phi) is 6.54. The Morgan fingerprint density at radius 2 is 2.00 bits per heavy atom. The molecule has 1 fully saturated rings. The van der Waals surface area contributed by atoms with Crippen LogP contribution in [-0.4, -0.2) is 66.1 Å². The second-order valence-corrected chi connectivity index (χ2v) is 6.02. The zero-order valence-corrected chi connectivity index (χ0v) is 13.8. The van der Waals surface area contributed by atoms with Crippen molar-refractivity contribution in [2.24, 2.45) is 0 Å². The van der Waals surface area contributed by atoms with E-state index in [1.807, 2.05) is 4.90 Å². The highest BCUT2D eigenvalue weighted by atomic mass is 19.1. The number of hydrogen-bond donors (Lipinski definition) is 1. The molecule has 132 valence electrons. The van der Waals surface area contributed by atoms with Crippen molar-refractivity contribution in [1.29, 1.82) is 0 Å². The summed E-state index contributed by atoms with van der Waals surface area (Å²) >= 11 is 0. The number of carbonyl (C=O) groups is 2. The molecule has 1 atom stereocenters. The van der Waals surface area contributed by atoms with E-state index in [1.54, 1.807) is 11.9 Å². The number of nitrogens with zero attached hydrogens (tertiary/aromatic N) is 2. The molecule has 6 nitrogen and oxygen atoms in total. The van der Waals surface area contributed by atoms with E-state index in [0.29, 0.717) is 18.8 Å². The summed E-state index contributed by atoms with van der Waals surface area (Å²) in [5.74, 6) is -0.848. The number of likely N-dealkylation sites (N-methyl/N-ethyl adjacent to an activating group) is 1. The van der Waals surface area contributed by atoms with Crippen molar-refractivity contribution in [2.45, 2.75) is 25.3 Å². The largest absolute Gasteiger partial charge is 0.484 e. The molecule has 2 rings (SSSR count). The molecule has 0 bridgehead atoms. The normalized spacial score (nSPS) is 18.3. The zero-order valence-electron chi connectivity index (χ0n) is 13.8. The second-order valence-electron chi connectivity index (χ2n) is 6.02. The quantitative estimate of drug-likeness (QED) is 0.853. The lowest BCUT2D eigenvalue weighted by Gasteiger charge is -2.25. The van der Waals surface area contributed by atoms with E-state index >= 15 is 0 Å². The van der Waals surface area contributed by atoms with Crippen molar-refractivity contribution in [2.75, 3.05) is 33.3 Å². The third-order valence-electron chi connectivity index (χ3n) is 4.23. The maximum absolute atomic E-state index is 12.8. The summed E-state index contributed by atoms with van der Waals surface area (Å²) in [6, 6.07) is 5.71. The maximum Gasteiger partial charge on any atom is 0.317 e. The van der Waals surface area contributed by atoms with Gasteiger partial charge in [0.05, 0.1) is 6.54 Å². The standard InChI is InChI=1S/C17H23FN2O4/c1-19(11-17(22)23)14-3-2-9-20(10-8-14)16(21)12-24-15-6-4-13(18)5-7-15/h4-7,14H,2-3,8-12H2,1H3,(H,22,23). The highest BCUT2D eigenvalue weighted by molar-refractivity contribution is 5.77. The average Bonchev–Trinajstić information content (AvgIpc) is 2.79. The van der Waals surface area contributed by atoms with Crippen LogP contribution in [0.1, 0.15) is 19.3 Å². The van der Waals surface area contributed by atoms with Crippen molar-refractivity contribution < 1.29 is 23.8 Å². The first kappa shape index (κ1) is 18.2. The molecule has 1 aliphatic rings. The van der Waals surface area contributed by atoms with E-state index in [1.165, 1.54) is 24.3 Å². The van der Waals surface area contributed by atoms with Crippen LogP contribution in [0.3, 0.4) is 0 Å². The lowest BCUT2D eigenvalue weighted by atomic mass is 10.1. The third-order valence-corrected chi connectivity index (χ3v) is 4.23. The molecule has 1 N–H and O–H groups in total. The van der Waals surface area contributed by atoms with Crippen LogP contribution in [0, 0.1) is 5.82 Å². The molecule has 0 radical (unpaired) electrons. The van der Waals surface area contributed by atoms with Crippen LogP contribution >= 0.6 is 0 Å². The predicted molar refractivity (Wildman–Crippen MR) is 86.4 cm³/mol. The van der Waals surface area contributed by atoms with E-state index in [-0.39, 0.29) is 30.9 Å². The van der Waals surface area contributed by atoms with Crippen molar-refractivity contribution in [1.82, 2.24) is 9.80 Å². The summed E-state index contributed by atoms with van der Waals surface area (Å²) in [7, 11) is 1.80. The van der Waals surface area contributed by atoms with E-state index in [0.717, 1.165) is 19.3 Å². The number of rotatable bonds is 6. The average molecular weight is 338 g/mol. The Balaban J connectivity index is 1.81. The number of ether oxygens (including phenoxy) is 1. The fraction of sp³-hybridized carbons (Fsp3) is 0.529. The number of amides is 1. The molecule has 1 saturated heterocycles. The first-order valence-corrected chi connectivity index (χ1v) is 8.04. The lowest BCUT2D eigenvalue weighted by Crippen LogP contribution is -2.38. The molecule has 1 aromatic rings. The molecule has 0 aliphatic carbocycles. The molecule has 0 spiro atoms. The highest BCUT2D eigenvalue weighted by Gasteiger charge is 2.24. The molecular formula is C17H23FN2O4. The van der Waals surface area contributed by atoms with Crippen molar-refractivity contribution >= 4 is 11.9 Å². The molecule has 7 heteroatoms. The fourth-order valence-electron chi connectivity index (χ4n) is 2.88. The van der Waals surface area contributed by atoms with Gasteiger partial charge in [0.1, 0.15) is 11.6 Å². The monoisotopic (exact) mass is 338 g/mol. The summed E-state index contributed by atoms with van der Waals surface area (Å²) in [4.78, 5) is 26.6. The van der Waals surface area contributed by atoms with Gasteiger partial charge in [-0.15, -0.1) is 0 Å². The number of hydrogen-bond acceptors (Lipinski definition) is 4. The Morgan fingerprint density at radius 1 is 1.29 bits per heavy atom. The van der Waals surface area contributed by atoms with Gasteiger partial charge in [0.2, 0.25) is 0 Å². The smallest absolute Gasteiger partial charge is 0.317 e.